The fourth-order valence-corrected chi connectivity index (χ4v) is 4.83. The topological polar surface area (TPSA) is 74.3 Å². The number of carbonyl (C=O) groups excluding carboxylic acids is 1. The zero-order chi connectivity index (χ0) is 23.2. The number of para-hydroxylation sites is 1. The van der Waals surface area contributed by atoms with E-state index < -0.39 is 6.10 Å². The average molecular weight is 454 g/mol. The molecule has 2 heterocycles. The quantitative estimate of drug-likeness (QED) is 0.671. The number of aliphatic hydroxyl groups is 1. The second-order valence-electron chi connectivity index (χ2n) is 8.89. The maximum atomic E-state index is 12.7. The van der Waals surface area contributed by atoms with Crippen molar-refractivity contribution in [2.24, 2.45) is 0 Å². The van der Waals surface area contributed by atoms with E-state index >= 15 is 0 Å². The fourth-order valence-electron chi connectivity index (χ4n) is 4.83. The van der Waals surface area contributed by atoms with Crippen LogP contribution in [0.15, 0.2) is 42.5 Å². The van der Waals surface area contributed by atoms with Crippen LogP contribution in [0.3, 0.4) is 0 Å². The number of anilines is 1. The van der Waals surface area contributed by atoms with E-state index in [1.165, 1.54) is 0 Å². The number of ether oxygens (including phenoxy) is 2. The van der Waals surface area contributed by atoms with Crippen LogP contribution in [0, 0.1) is 0 Å². The van der Waals surface area contributed by atoms with Crippen molar-refractivity contribution in [1.29, 1.82) is 0 Å². The van der Waals surface area contributed by atoms with E-state index in [1.807, 2.05) is 36.4 Å². The highest BCUT2D eigenvalue weighted by atomic mass is 16.5. The van der Waals surface area contributed by atoms with Gasteiger partial charge in [0.25, 0.3) is 5.91 Å². The molecule has 2 saturated heterocycles. The van der Waals surface area contributed by atoms with Crippen LogP contribution in [0.2, 0.25) is 0 Å². The van der Waals surface area contributed by atoms with Crippen molar-refractivity contribution in [3.8, 4) is 11.5 Å². The molecule has 33 heavy (non-hydrogen) atoms. The number of methoxy groups -OCH3 is 2. The summed E-state index contributed by atoms with van der Waals surface area (Å²) in [5, 5.41) is 13.5. The molecule has 2 aliphatic rings. The number of carbonyl (C=O) groups is 1. The second-order valence-corrected chi connectivity index (χ2v) is 8.89. The molecule has 7 heteroatoms. The molecule has 7 nitrogen and oxygen atoms in total. The van der Waals surface area contributed by atoms with E-state index in [-0.39, 0.29) is 5.91 Å². The molecular formula is C26H35N3O4. The third kappa shape index (κ3) is 5.60. The molecule has 2 aromatic carbocycles. The smallest absolute Gasteiger partial charge is 0.253 e. The van der Waals surface area contributed by atoms with Gasteiger partial charge in [0.2, 0.25) is 0 Å². The lowest BCUT2D eigenvalue weighted by Gasteiger charge is -2.34. The largest absolute Gasteiger partial charge is 0.493 e. The molecule has 0 radical (unpaired) electrons. The van der Waals surface area contributed by atoms with E-state index in [2.05, 4.69) is 16.3 Å². The number of aliphatic hydroxyl groups excluding tert-OH is 1. The van der Waals surface area contributed by atoms with Gasteiger partial charge in [0.05, 0.1) is 20.3 Å². The van der Waals surface area contributed by atoms with Gasteiger partial charge in [-0.15, -0.1) is 0 Å². The predicted molar refractivity (Wildman–Crippen MR) is 129 cm³/mol. The second kappa shape index (κ2) is 10.9. The summed E-state index contributed by atoms with van der Waals surface area (Å²) in [6.07, 6.45) is 3.35. The number of hydrogen-bond donors (Lipinski definition) is 2. The third-order valence-corrected chi connectivity index (χ3v) is 6.72. The van der Waals surface area contributed by atoms with Crippen LogP contribution in [-0.4, -0.2) is 68.5 Å². The Bertz CT molecular complexity index is 926. The van der Waals surface area contributed by atoms with E-state index in [4.69, 9.17) is 9.47 Å². The normalized spacial score (nSPS) is 19.4. The Hall–Kier alpha value is -2.77. The first-order valence-corrected chi connectivity index (χ1v) is 11.8. The Labute approximate surface area is 196 Å². The van der Waals surface area contributed by atoms with Crippen molar-refractivity contribution in [3.63, 3.8) is 0 Å². The van der Waals surface area contributed by atoms with Gasteiger partial charge >= 0.3 is 0 Å². The molecule has 4 rings (SSSR count). The number of amides is 1. The minimum atomic E-state index is -0.401. The van der Waals surface area contributed by atoms with Gasteiger partial charge < -0.3 is 29.7 Å². The highest BCUT2D eigenvalue weighted by Gasteiger charge is 2.24. The van der Waals surface area contributed by atoms with E-state index in [0.29, 0.717) is 18.2 Å². The predicted octanol–water partition coefficient (Wildman–Crippen LogP) is 3.06. The minimum absolute atomic E-state index is 0.0104. The van der Waals surface area contributed by atoms with Gasteiger partial charge in [0.1, 0.15) is 0 Å². The third-order valence-electron chi connectivity index (χ3n) is 6.72. The molecule has 0 unspecified atom stereocenters. The number of rotatable bonds is 7. The first-order chi connectivity index (χ1) is 16.1. The maximum absolute atomic E-state index is 12.7. The first-order valence-electron chi connectivity index (χ1n) is 11.8. The lowest BCUT2D eigenvalue weighted by molar-refractivity contribution is 0.0474. The van der Waals surface area contributed by atoms with Gasteiger partial charge in [-0.2, -0.15) is 0 Å². The summed E-state index contributed by atoms with van der Waals surface area (Å²) in [5.41, 5.74) is 2.94. The Morgan fingerprint density at radius 3 is 2.45 bits per heavy atom. The maximum Gasteiger partial charge on any atom is 0.253 e. The van der Waals surface area contributed by atoms with Crippen LogP contribution in [0.1, 0.15) is 41.6 Å². The van der Waals surface area contributed by atoms with E-state index in [0.717, 1.165) is 74.6 Å². The van der Waals surface area contributed by atoms with Gasteiger partial charge in [-0.1, -0.05) is 12.1 Å². The van der Waals surface area contributed by atoms with Crippen molar-refractivity contribution in [3.05, 3.63) is 53.6 Å². The summed E-state index contributed by atoms with van der Waals surface area (Å²) in [6, 6.07) is 14.3. The fraction of sp³-hybridized carbons (Fsp3) is 0.500. The molecule has 0 aromatic heterocycles. The summed E-state index contributed by atoms with van der Waals surface area (Å²) >= 11 is 0. The summed E-state index contributed by atoms with van der Waals surface area (Å²) in [5.74, 6) is 1.56. The van der Waals surface area contributed by atoms with Gasteiger partial charge in [0, 0.05) is 55.6 Å². The van der Waals surface area contributed by atoms with Crippen LogP contribution in [0.25, 0.3) is 0 Å². The zero-order valence-electron chi connectivity index (χ0n) is 19.6. The SMILES string of the molecule is COc1cccc(CNC2CCN(c3ccc(C(=O)N4CCC[C@H](O)C4)cc3)CC2)c1OC. The molecule has 2 N–H and O–H groups in total. The molecule has 178 valence electrons. The number of hydrogen-bond acceptors (Lipinski definition) is 6. The molecule has 0 bridgehead atoms. The summed E-state index contributed by atoms with van der Waals surface area (Å²) in [4.78, 5) is 16.9. The van der Waals surface area contributed by atoms with Crippen molar-refractivity contribution < 1.29 is 19.4 Å². The molecular weight excluding hydrogens is 418 g/mol. The number of nitrogens with zero attached hydrogens (tertiary/aromatic N) is 2. The molecule has 1 amide bonds. The zero-order valence-corrected chi connectivity index (χ0v) is 19.6. The van der Waals surface area contributed by atoms with Gasteiger partial charge in [-0.3, -0.25) is 4.79 Å². The number of piperidine rings is 2. The molecule has 0 spiro atoms. The lowest BCUT2D eigenvalue weighted by atomic mass is 10.0. The number of β-amino-alcohol motifs (C(OH)–C–C–N with tert-alkyl or cyclic N) is 1. The Balaban J connectivity index is 1.28. The lowest BCUT2D eigenvalue weighted by Crippen LogP contribution is -2.42. The van der Waals surface area contributed by atoms with E-state index in [9.17, 15) is 9.90 Å². The molecule has 2 aliphatic heterocycles. The van der Waals surface area contributed by atoms with Crippen LogP contribution in [-0.2, 0) is 6.54 Å². The summed E-state index contributed by atoms with van der Waals surface area (Å²) in [6.45, 7) is 3.84. The number of benzene rings is 2. The van der Waals surface area contributed by atoms with Gasteiger partial charge in [0.15, 0.2) is 11.5 Å². The van der Waals surface area contributed by atoms with Crippen molar-refractivity contribution in [2.45, 2.75) is 44.4 Å². The van der Waals surface area contributed by atoms with E-state index in [1.54, 1.807) is 19.1 Å². The highest BCUT2D eigenvalue weighted by molar-refractivity contribution is 5.94. The minimum Gasteiger partial charge on any atom is -0.493 e. The monoisotopic (exact) mass is 453 g/mol. The molecule has 0 saturated carbocycles. The number of likely N-dealkylation sites (tertiary alicyclic amines) is 1. The Morgan fingerprint density at radius 2 is 1.79 bits per heavy atom. The van der Waals surface area contributed by atoms with Gasteiger partial charge in [-0.05, 0) is 56.0 Å². The first kappa shape index (κ1) is 23.4. The summed E-state index contributed by atoms with van der Waals surface area (Å²) < 4.78 is 10.9. The highest BCUT2D eigenvalue weighted by Crippen LogP contribution is 2.31. The number of nitrogens with one attached hydrogen (secondary N) is 1. The molecule has 0 aliphatic carbocycles. The average Bonchev–Trinajstić information content (AvgIpc) is 2.87. The van der Waals surface area contributed by atoms with Crippen molar-refractivity contribution >= 4 is 11.6 Å². The molecule has 1 atom stereocenters. The van der Waals surface area contributed by atoms with Crippen LogP contribution in [0.4, 0.5) is 5.69 Å². The van der Waals surface area contributed by atoms with Crippen molar-refractivity contribution in [1.82, 2.24) is 10.2 Å². The standard InChI is InChI=1S/C26H35N3O4/c1-32-24-7-3-5-20(25(24)33-2)17-27-21-12-15-28(16-13-21)22-10-8-19(9-11-22)26(31)29-14-4-6-23(30)18-29/h3,5,7-11,21,23,27,30H,4,6,12-18H2,1-2H3/t23-/m0/s1. The van der Waals surface area contributed by atoms with Gasteiger partial charge in [-0.25, -0.2) is 0 Å². The van der Waals surface area contributed by atoms with Crippen molar-refractivity contribution in [2.75, 3.05) is 45.3 Å². The summed E-state index contributed by atoms with van der Waals surface area (Å²) in [7, 11) is 3.33. The Morgan fingerprint density at radius 1 is 1.03 bits per heavy atom. The van der Waals surface area contributed by atoms with Crippen LogP contribution in [0.5, 0.6) is 11.5 Å². The molecule has 2 fully saturated rings. The molecule has 2 aromatic rings. The van der Waals surface area contributed by atoms with Crippen LogP contribution < -0.4 is 19.7 Å². The van der Waals surface area contributed by atoms with Crippen LogP contribution >= 0.6 is 0 Å². The Kier molecular flexibility index (Phi) is 7.73.